The molecular weight excluding hydrogens is 372 g/mol. The quantitative estimate of drug-likeness (QED) is 0.314. The Morgan fingerprint density at radius 2 is 2.21 bits per heavy atom. The number of halogens is 1. The van der Waals surface area contributed by atoms with E-state index in [0.29, 0.717) is 11.3 Å². The number of carbonyl (C=O) groups excluding carboxylic acids is 2. The van der Waals surface area contributed by atoms with Crippen molar-refractivity contribution in [1.29, 1.82) is 0 Å². The molecule has 1 aliphatic carbocycles. The van der Waals surface area contributed by atoms with E-state index in [2.05, 4.69) is 32.6 Å². The van der Waals surface area contributed by atoms with Gasteiger partial charge in [-0.15, -0.1) is 0 Å². The fraction of sp³-hybridized carbons (Fsp3) is 0.333. The van der Waals surface area contributed by atoms with E-state index in [1.807, 2.05) is 32.1 Å². The molecule has 0 saturated carbocycles. The molecule has 0 radical (unpaired) electrons. The Kier molecular flexibility index (Phi) is 7.71. The number of amides is 1. The summed E-state index contributed by atoms with van der Waals surface area (Å²) in [5, 5.41) is 2.91. The third-order valence-corrected chi connectivity index (χ3v) is 4.24. The van der Waals surface area contributed by atoms with Crippen molar-refractivity contribution in [3.63, 3.8) is 0 Å². The summed E-state index contributed by atoms with van der Waals surface area (Å²) < 4.78 is 4.56. The van der Waals surface area contributed by atoms with E-state index < -0.39 is 5.97 Å². The highest BCUT2D eigenvalue weighted by Gasteiger charge is 2.19. The van der Waals surface area contributed by atoms with Crippen molar-refractivity contribution in [3.05, 3.63) is 59.4 Å². The van der Waals surface area contributed by atoms with Crippen LogP contribution in [0.5, 0.6) is 0 Å². The van der Waals surface area contributed by atoms with Crippen LogP contribution in [-0.2, 0) is 14.3 Å². The van der Waals surface area contributed by atoms with Crippen molar-refractivity contribution in [3.8, 4) is 0 Å². The zero-order valence-electron chi connectivity index (χ0n) is 14.1. The minimum atomic E-state index is -0.477. The highest BCUT2D eigenvalue weighted by Crippen LogP contribution is 2.20. The minimum Gasteiger partial charge on any atom is -0.465 e. The molecule has 1 aliphatic rings. The topological polar surface area (TPSA) is 81.4 Å². The number of methoxy groups -OCH3 is 1. The van der Waals surface area contributed by atoms with Gasteiger partial charge >= 0.3 is 5.97 Å². The number of alkyl halides is 1. The van der Waals surface area contributed by atoms with Crippen LogP contribution in [0.15, 0.2) is 59.4 Å². The van der Waals surface area contributed by atoms with Crippen LogP contribution in [-0.4, -0.2) is 29.9 Å². The van der Waals surface area contributed by atoms with Crippen molar-refractivity contribution in [1.82, 2.24) is 5.32 Å². The molecule has 0 fully saturated rings. The summed E-state index contributed by atoms with van der Waals surface area (Å²) >= 11 is 3.45. The molecule has 0 aromatic heterocycles. The Hall–Kier alpha value is -2.08. The molecule has 1 amide bonds. The fourth-order valence-electron chi connectivity index (χ4n) is 1.97. The lowest BCUT2D eigenvalue weighted by Gasteiger charge is -2.19. The molecule has 0 bridgehead atoms. The number of ether oxygens (including phenoxy) is 1. The Bertz CT molecular complexity index is 645. The maximum absolute atomic E-state index is 12.3. The second-order valence-corrected chi connectivity index (χ2v) is 6.65. The first-order valence-corrected chi connectivity index (χ1v) is 8.42. The van der Waals surface area contributed by atoms with Crippen LogP contribution in [0.2, 0.25) is 0 Å². The molecule has 0 heterocycles. The highest BCUT2D eigenvalue weighted by atomic mass is 79.9. The molecule has 3 N–H and O–H groups in total. The minimum absolute atomic E-state index is 0.168. The smallest absolute Gasteiger partial charge is 0.337 e. The normalized spacial score (nSPS) is 19.3. The number of allylic oxidation sites excluding steroid dienone is 4. The Morgan fingerprint density at radius 1 is 1.54 bits per heavy atom. The first-order valence-electron chi connectivity index (χ1n) is 7.51. The largest absolute Gasteiger partial charge is 0.465 e. The van der Waals surface area contributed by atoms with Gasteiger partial charge in [-0.3, -0.25) is 4.79 Å². The zero-order chi connectivity index (χ0) is 18.3. The zero-order valence-corrected chi connectivity index (χ0v) is 15.7. The number of rotatable bonds is 6. The van der Waals surface area contributed by atoms with Gasteiger partial charge in [0.1, 0.15) is 0 Å². The number of hydrogen-bond donors (Lipinski definition) is 2. The predicted molar refractivity (Wildman–Crippen MR) is 99.3 cm³/mol. The van der Waals surface area contributed by atoms with E-state index in [4.69, 9.17) is 5.73 Å². The molecular formula is C18H23BrN2O3. The molecule has 24 heavy (non-hydrogen) atoms. The van der Waals surface area contributed by atoms with Crippen LogP contribution in [0.3, 0.4) is 0 Å². The first-order chi connectivity index (χ1) is 11.3. The van der Waals surface area contributed by atoms with E-state index in [9.17, 15) is 9.59 Å². The molecule has 130 valence electrons. The van der Waals surface area contributed by atoms with Gasteiger partial charge in [0.2, 0.25) is 0 Å². The average molecular weight is 395 g/mol. The number of hydrogen-bond acceptors (Lipinski definition) is 4. The van der Waals surface area contributed by atoms with Gasteiger partial charge < -0.3 is 15.8 Å². The SMILES string of the molecule is C=C(/C=C\C=C(/C)[C@@H](C)NC(=O)C1=CC[C@H](Br)C=C1N)C(=O)OC. The predicted octanol–water partition coefficient (Wildman–Crippen LogP) is 2.66. The summed E-state index contributed by atoms with van der Waals surface area (Å²) in [5.74, 6) is -0.679. The first kappa shape index (κ1) is 20.0. The Morgan fingerprint density at radius 3 is 2.79 bits per heavy atom. The van der Waals surface area contributed by atoms with Crippen molar-refractivity contribution >= 4 is 27.8 Å². The van der Waals surface area contributed by atoms with Gasteiger partial charge in [-0.05, 0) is 32.4 Å². The molecule has 6 heteroatoms. The number of carbonyl (C=O) groups is 2. The van der Waals surface area contributed by atoms with Gasteiger partial charge in [-0.25, -0.2) is 4.79 Å². The number of esters is 1. The van der Waals surface area contributed by atoms with Crippen molar-refractivity contribution < 1.29 is 14.3 Å². The second-order valence-electron chi connectivity index (χ2n) is 5.47. The maximum Gasteiger partial charge on any atom is 0.337 e. The lowest BCUT2D eigenvalue weighted by Crippen LogP contribution is -2.36. The summed E-state index contributed by atoms with van der Waals surface area (Å²) in [6.07, 6.45) is 9.44. The van der Waals surface area contributed by atoms with Crippen LogP contribution < -0.4 is 11.1 Å². The number of nitrogens with one attached hydrogen (secondary N) is 1. The third kappa shape index (κ3) is 5.85. The molecule has 0 aromatic rings. The second kappa shape index (κ2) is 9.27. The van der Waals surface area contributed by atoms with Crippen molar-refractivity contribution in [2.75, 3.05) is 7.11 Å². The lowest BCUT2D eigenvalue weighted by atomic mass is 10.0. The van der Waals surface area contributed by atoms with Gasteiger partial charge in [0.15, 0.2) is 0 Å². The average Bonchev–Trinajstić information content (AvgIpc) is 2.53. The van der Waals surface area contributed by atoms with Gasteiger partial charge in [0, 0.05) is 16.6 Å². The van der Waals surface area contributed by atoms with Crippen LogP contribution in [0.25, 0.3) is 0 Å². The molecule has 0 spiro atoms. The third-order valence-electron chi connectivity index (χ3n) is 3.60. The number of nitrogens with two attached hydrogens (primary N) is 1. The van der Waals surface area contributed by atoms with Crippen LogP contribution in [0.4, 0.5) is 0 Å². The summed E-state index contributed by atoms with van der Waals surface area (Å²) in [6, 6.07) is -0.177. The van der Waals surface area contributed by atoms with Gasteiger partial charge in [-0.1, -0.05) is 46.3 Å². The van der Waals surface area contributed by atoms with E-state index in [1.165, 1.54) is 7.11 Å². The van der Waals surface area contributed by atoms with Crippen molar-refractivity contribution in [2.24, 2.45) is 5.73 Å². The molecule has 0 aliphatic heterocycles. The van der Waals surface area contributed by atoms with Gasteiger partial charge in [0.25, 0.3) is 5.91 Å². The summed E-state index contributed by atoms with van der Waals surface area (Å²) in [5.41, 5.74) is 8.06. The molecule has 0 aromatic carbocycles. The Labute approximate surface area is 151 Å². The van der Waals surface area contributed by atoms with Gasteiger partial charge in [-0.2, -0.15) is 0 Å². The molecule has 2 atom stereocenters. The highest BCUT2D eigenvalue weighted by molar-refractivity contribution is 9.09. The van der Waals surface area contributed by atoms with E-state index in [0.717, 1.165) is 12.0 Å². The van der Waals surface area contributed by atoms with E-state index >= 15 is 0 Å². The molecule has 0 saturated heterocycles. The molecule has 0 unspecified atom stereocenters. The van der Waals surface area contributed by atoms with Crippen LogP contribution in [0.1, 0.15) is 20.3 Å². The van der Waals surface area contributed by atoms with Gasteiger partial charge in [0.05, 0.1) is 18.3 Å². The monoisotopic (exact) mass is 394 g/mol. The van der Waals surface area contributed by atoms with Crippen LogP contribution in [0, 0.1) is 0 Å². The van der Waals surface area contributed by atoms with Crippen molar-refractivity contribution in [2.45, 2.75) is 31.1 Å². The van der Waals surface area contributed by atoms with E-state index in [-0.39, 0.29) is 22.3 Å². The Balaban J connectivity index is 2.65. The van der Waals surface area contributed by atoms with E-state index in [1.54, 1.807) is 12.2 Å². The molecule has 1 rings (SSSR count). The lowest BCUT2D eigenvalue weighted by molar-refractivity contribution is -0.135. The summed E-state index contributed by atoms with van der Waals surface area (Å²) in [7, 11) is 1.30. The standard InChI is InChI=1S/C18H23BrN2O3/c1-11(6-5-7-12(2)18(23)24-4)13(3)21-17(22)15-9-8-14(19)10-16(15)20/h5-7,9-10,13-14H,2,8,20H2,1,3-4H3,(H,21,22)/b7-5-,11-6+/t13-,14+/m1/s1. The fourth-order valence-corrected chi connectivity index (χ4v) is 2.44. The summed E-state index contributed by atoms with van der Waals surface area (Å²) in [6.45, 7) is 7.37. The molecule has 5 nitrogen and oxygen atoms in total. The summed E-state index contributed by atoms with van der Waals surface area (Å²) in [4.78, 5) is 23.7. The van der Waals surface area contributed by atoms with Crippen LogP contribution >= 0.6 is 15.9 Å². The maximum atomic E-state index is 12.3.